The van der Waals surface area contributed by atoms with E-state index in [-0.39, 0.29) is 11.6 Å². The molecule has 0 N–H and O–H groups in total. The average Bonchev–Trinajstić information content (AvgIpc) is 3.46. The first-order chi connectivity index (χ1) is 15.2. The Bertz CT molecular complexity index is 1290. The molecule has 0 unspecified atom stereocenters. The topological polar surface area (TPSA) is 0 Å². The zero-order valence-corrected chi connectivity index (χ0v) is 19.7. The van der Waals surface area contributed by atoms with Crippen molar-refractivity contribution in [3.8, 4) is 30.6 Å². The summed E-state index contributed by atoms with van der Waals surface area (Å²) in [4.78, 5) is 5.05. The number of halogens is 2. The molecule has 3 heterocycles. The molecule has 2 aromatic heterocycles. The number of rotatable bonds is 3. The fourth-order valence-electron chi connectivity index (χ4n) is 3.92. The van der Waals surface area contributed by atoms with Crippen molar-refractivity contribution < 1.29 is 8.78 Å². The molecule has 0 fully saturated rings. The van der Waals surface area contributed by atoms with Gasteiger partial charge in [0, 0.05) is 0 Å². The number of thiophene rings is 2. The van der Waals surface area contributed by atoms with Crippen LogP contribution in [0.25, 0.3) is 30.6 Å². The van der Waals surface area contributed by atoms with Crippen molar-refractivity contribution in [2.24, 2.45) is 0 Å². The number of benzene rings is 3. The van der Waals surface area contributed by atoms with Crippen molar-refractivity contribution in [2.45, 2.75) is 0 Å². The maximum atomic E-state index is 13.4. The van der Waals surface area contributed by atoms with Crippen LogP contribution in [-0.2, 0) is 0 Å². The molecule has 1 aliphatic heterocycles. The summed E-state index contributed by atoms with van der Waals surface area (Å²) in [5, 5.41) is 0. The van der Waals surface area contributed by atoms with Gasteiger partial charge in [-0.05, 0) is 0 Å². The van der Waals surface area contributed by atoms with Crippen LogP contribution < -0.4 is 13.1 Å². The van der Waals surface area contributed by atoms with Gasteiger partial charge in [0.15, 0.2) is 0 Å². The van der Waals surface area contributed by atoms with Crippen LogP contribution in [0.2, 0.25) is 0 Å². The van der Waals surface area contributed by atoms with E-state index < -0.39 is 14.7 Å². The summed E-state index contributed by atoms with van der Waals surface area (Å²) in [6.45, 7) is 0. The Labute approximate surface area is 191 Å². The molecule has 0 atom stereocenters. The quantitative estimate of drug-likeness (QED) is 0.263. The van der Waals surface area contributed by atoms with E-state index in [9.17, 15) is 8.78 Å². The Morgan fingerprint density at radius 2 is 1.00 bits per heavy atom. The van der Waals surface area contributed by atoms with E-state index in [1.807, 2.05) is 24.3 Å². The molecule has 0 spiro atoms. The number of hydrogen-bond acceptors (Lipinski definition) is 2. The molecule has 6 rings (SSSR count). The van der Waals surface area contributed by atoms with Gasteiger partial charge in [-0.15, -0.1) is 0 Å². The molecule has 0 saturated carbocycles. The SMILES string of the molecule is Fc1ccc(-c2cc3c(s2)-c2sc(-c4ccc(F)cc4)cc2[As]3c2ccccc2)cc1. The maximum absolute atomic E-state index is 13.4. The molecule has 1 aliphatic rings. The Hall–Kier alpha value is -2.52. The first-order valence-electron chi connectivity index (χ1n) is 9.82. The van der Waals surface area contributed by atoms with Crippen molar-refractivity contribution in [1.82, 2.24) is 0 Å². The van der Waals surface area contributed by atoms with Crippen LogP contribution in [0.4, 0.5) is 8.78 Å². The van der Waals surface area contributed by atoms with Crippen LogP contribution in [-0.4, -0.2) is 14.7 Å². The van der Waals surface area contributed by atoms with E-state index >= 15 is 0 Å². The summed E-state index contributed by atoms with van der Waals surface area (Å²) in [7, 11) is 0. The van der Waals surface area contributed by atoms with E-state index in [1.54, 1.807) is 22.7 Å². The van der Waals surface area contributed by atoms with Crippen molar-refractivity contribution in [3.05, 3.63) is 103 Å². The first-order valence-corrected chi connectivity index (χ1v) is 14.3. The van der Waals surface area contributed by atoms with E-state index in [2.05, 4.69) is 42.5 Å². The Morgan fingerprint density at radius 1 is 0.548 bits per heavy atom. The van der Waals surface area contributed by atoms with E-state index in [1.165, 1.54) is 56.8 Å². The summed E-state index contributed by atoms with van der Waals surface area (Å²) < 4.78 is 31.2. The summed E-state index contributed by atoms with van der Waals surface area (Å²) >= 11 is 1.92. The second-order valence-corrected chi connectivity index (χ2v) is 14.0. The zero-order valence-electron chi connectivity index (χ0n) is 16.2. The van der Waals surface area contributed by atoms with Crippen LogP contribution in [0, 0.1) is 11.6 Å². The predicted molar refractivity (Wildman–Crippen MR) is 130 cm³/mol. The molecule has 0 aliphatic carbocycles. The number of fused-ring (bicyclic) bond motifs is 3. The van der Waals surface area contributed by atoms with Crippen molar-refractivity contribution in [2.75, 3.05) is 0 Å². The van der Waals surface area contributed by atoms with Gasteiger partial charge in [0.25, 0.3) is 0 Å². The Balaban J connectivity index is 1.52. The molecule has 0 saturated heterocycles. The fraction of sp³-hybridized carbons (Fsp3) is 0. The van der Waals surface area contributed by atoms with E-state index in [0.717, 1.165) is 11.1 Å². The van der Waals surface area contributed by atoms with Crippen LogP contribution in [0.15, 0.2) is 91.0 Å². The Kier molecular flexibility index (Phi) is 4.68. The fourth-order valence-corrected chi connectivity index (χ4v) is 13.5. The normalized spacial score (nSPS) is 12.7. The van der Waals surface area contributed by atoms with Crippen molar-refractivity contribution in [1.29, 1.82) is 0 Å². The van der Waals surface area contributed by atoms with Crippen LogP contribution in [0.1, 0.15) is 0 Å². The molecule has 0 nitrogen and oxygen atoms in total. The third-order valence-corrected chi connectivity index (χ3v) is 13.8. The zero-order chi connectivity index (χ0) is 20.9. The van der Waals surface area contributed by atoms with Crippen molar-refractivity contribution >= 4 is 50.4 Å². The van der Waals surface area contributed by atoms with Crippen LogP contribution >= 0.6 is 22.7 Å². The average molecular weight is 504 g/mol. The standard InChI is InChI=1S/C26H15AsF2S2/c28-19-10-6-16(7-11-19)23-14-21-25(30-23)26-22(27(21)18-4-2-1-3-5-18)15-24(31-26)17-8-12-20(29)13-9-17/h1-15H. The molecule has 31 heavy (non-hydrogen) atoms. The van der Waals surface area contributed by atoms with Crippen molar-refractivity contribution in [3.63, 3.8) is 0 Å². The third kappa shape index (κ3) is 3.30. The van der Waals surface area contributed by atoms with Gasteiger partial charge in [0.1, 0.15) is 0 Å². The van der Waals surface area contributed by atoms with Crippen LogP contribution in [0.5, 0.6) is 0 Å². The van der Waals surface area contributed by atoms with Gasteiger partial charge >= 0.3 is 192 Å². The van der Waals surface area contributed by atoms with Crippen LogP contribution in [0.3, 0.4) is 0 Å². The van der Waals surface area contributed by atoms with Gasteiger partial charge in [0.2, 0.25) is 0 Å². The minimum atomic E-state index is -1.67. The first kappa shape index (κ1) is 19.2. The van der Waals surface area contributed by atoms with Gasteiger partial charge < -0.3 is 0 Å². The third-order valence-electron chi connectivity index (χ3n) is 5.38. The molecule has 5 aromatic rings. The summed E-state index contributed by atoms with van der Waals surface area (Å²) in [6, 6.07) is 28.9. The molecule has 0 radical (unpaired) electrons. The van der Waals surface area contributed by atoms with Gasteiger partial charge in [-0.25, -0.2) is 0 Å². The summed E-state index contributed by atoms with van der Waals surface area (Å²) in [6.07, 6.45) is 0. The monoisotopic (exact) mass is 504 g/mol. The van der Waals surface area contributed by atoms with Gasteiger partial charge in [-0.1, -0.05) is 0 Å². The van der Waals surface area contributed by atoms with Gasteiger partial charge in [-0.2, -0.15) is 0 Å². The van der Waals surface area contributed by atoms with E-state index in [0.29, 0.717) is 0 Å². The molecule has 3 aromatic carbocycles. The minimum absolute atomic E-state index is 0.214. The molecule has 150 valence electrons. The van der Waals surface area contributed by atoms with E-state index in [4.69, 9.17) is 0 Å². The summed E-state index contributed by atoms with van der Waals surface area (Å²) in [5.41, 5.74) is 2.11. The molecular formula is C26H15AsF2S2. The second kappa shape index (κ2) is 7.56. The predicted octanol–water partition coefficient (Wildman–Crippen LogP) is 5.92. The van der Waals surface area contributed by atoms with Gasteiger partial charge in [-0.3, -0.25) is 0 Å². The molecular weight excluding hydrogens is 489 g/mol. The van der Waals surface area contributed by atoms with Gasteiger partial charge in [0.05, 0.1) is 0 Å². The Morgan fingerprint density at radius 3 is 1.45 bits per heavy atom. The number of hydrogen-bond donors (Lipinski definition) is 0. The second-order valence-electron chi connectivity index (χ2n) is 7.33. The molecule has 0 bridgehead atoms. The molecule has 0 amide bonds. The molecule has 5 heteroatoms. The summed E-state index contributed by atoms with van der Waals surface area (Å²) in [5.74, 6) is -0.427.